The third-order valence-electron chi connectivity index (χ3n) is 5.06. The van der Waals surface area contributed by atoms with Crippen molar-refractivity contribution < 1.29 is 9.90 Å². The van der Waals surface area contributed by atoms with Crippen molar-refractivity contribution in [2.45, 2.75) is 12.3 Å². The number of benzene rings is 1. The molecule has 0 aromatic heterocycles. The van der Waals surface area contributed by atoms with E-state index in [1.165, 1.54) is 5.56 Å². The van der Waals surface area contributed by atoms with Crippen LogP contribution >= 0.6 is 0 Å². The van der Waals surface area contributed by atoms with Gasteiger partial charge in [-0.05, 0) is 41.6 Å². The third kappa shape index (κ3) is 0.868. The first-order chi connectivity index (χ1) is 7.79. The maximum Gasteiger partial charge on any atom is 0.307 e. The van der Waals surface area contributed by atoms with Gasteiger partial charge in [-0.1, -0.05) is 30.3 Å². The van der Waals surface area contributed by atoms with Crippen molar-refractivity contribution in [3.05, 3.63) is 35.9 Å². The fourth-order valence-corrected chi connectivity index (χ4v) is 4.65. The first kappa shape index (κ1) is 8.80. The molecule has 0 amide bonds. The molecule has 1 N–H and O–H groups in total. The summed E-state index contributed by atoms with van der Waals surface area (Å²) in [5, 5.41) is 9.27. The van der Waals surface area contributed by atoms with E-state index in [-0.39, 0.29) is 5.92 Å². The van der Waals surface area contributed by atoms with Crippen molar-refractivity contribution in [1.82, 2.24) is 0 Å². The molecule has 0 aliphatic heterocycles. The molecule has 2 nitrogen and oxygen atoms in total. The second kappa shape index (κ2) is 2.68. The van der Waals surface area contributed by atoms with Crippen LogP contribution in [0.1, 0.15) is 17.9 Å². The standard InChI is InChI=1S/C14H14O2/c15-14(16)13-8-6-9-11(12(9)13)10(8)7-4-2-1-3-5-7/h1-5,8-13H,6H2,(H,15,16)/t8-,9+,10-,11?,12?,13+/m1/s1. The summed E-state index contributed by atoms with van der Waals surface area (Å²) < 4.78 is 0. The number of carbonyl (C=O) groups is 1. The Hall–Kier alpha value is -1.31. The maximum atomic E-state index is 11.3. The van der Waals surface area contributed by atoms with Crippen LogP contribution in [0.25, 0.3) is 0 Å². The lowest BCUT2D eigenvalue weighted by atomic mass is 9.86. The van der Waals surface area contributed by atoms with E-state index in [1.807, 2.05) is 6.07 Å². The Bertz CT molecular complexity index is 453. The quantitative estimate of drug-likeness (QED) is 0.820. The second-order valence-electron chi connectivity index (χ2n) is 5.52. The van der Waals surface area contributed by atoms with Gasteiger partial charge in [-0.25, -0.2) is 0 Å². The molecule has 0 heterocycles. The summed E-state index contributed by atoms with van der Waals surface area (Å²) in [4.78, 5) is 11.3. The summed E-state index contributed by atoms with van der Waals surface area (Å²) in [6, 6.07) is 10.5. The molecule has 4 aliphatic carbocycles. The molecular weight excluding hydrogens is 200 g/mol. The Morgan fingerprint density at radius 3 is 2.44 bits per heavy atom. The van der Waals surface area contributed by atoms with Crippen LogP contribution in [0.4, 0.5) is 0 Å². The zero-order valence-electron chi connectivity index (χ0n) is 8.91. The van der Waals surface area contributed by atoms with Gasteiger partial charge in [0, 0.05) is 0 Å². The van der Waals surface area contributed by atoms with Crippen LogP contribution in [0.3, 0.4) is 0 Å². The van der Waals surface area contributed by atoms with Gasteiger partial charge in [0.25, 0.3) is 0 Å². The van der Waals surface area contributed by atoms with E-state index in [9.17, 15) is 9.90 Å². The molecule has 4 saturated carbocycles. The van der Waals surface area contributed by atoms with Gasteiger partial charge >= 0.3 is 5.97 Å². The van der Waals surface area contributed by atoms with Crippen LogP contribution in [0.15, 0.2) is 30.3 Å². The molecule has 6 atom stereocenters. The Balaban J connectivity index is 1.73. The maximum absolute atomic E-state index is 11.3. The van der Waals surface area contributed by atoms with Crippen molar-refractivity contribution in [2.24, 2.45) is 29.6 Å². The van der Waals surface area contributed by atoms with E-state index in [4.69, 9.17) is 0 Å². The van der Waals surface area contributed by atoms with Crippen molar-refractivity contribution >= 4 is 5.97 Å². The molecule has 82 valence electrons. The molecule has 4 fully saturated rings. The van der Waals surface area contributed by atoms with Crippen LogP contribution < -0.4 is 0 Å². The first-order valence-electron chi connectivity index (χ1n) is 6.07. The van der Waals surface area contributed by atoms with Crippen molar-refractivity contribution in [1.29, 1.82) is 0 Å². The largest absolute Gasteiger partial charge is 0.481 e. The van der Waals surface area contributed by atoms with Gasteiger partial charge in [-0.2, -0.15) is 0 Å². The van der Waals surface area contributed by atoms with Crippen molar-refractivity contribution in [3.63, 3.8) is 0 Å². The van der Waals surface area contributed by atoms with Gasteiger partial charge in [-0.3, -0.25) is 4.79 Å². The molecule has 4 bridgehead atoms. The van der Waals surface area contributed by atoms with Crippen molar-refractivity contribution in [3.8, 4) is 0 Å². The minimum absolute atomic E-state index is 0.0415. The molecular formula is C14H14O2. The molecule has 1 aromatic rings. The van der Waals surface area contributed by atoms with E-state index in [0.29, 0.717) is 23.7 Å². The summed E-state index contributed by atoms with van der Waals surface area (Å²) in [5.74, 6) is 2.29. The first-order valence-corrected chi connectivity index (χ1v) is 6.07. The summed E-state index contributed by atoms with van der Waals surface area (Å²) in [6.07, 6.45) is 1.16. The van der Waals surface area contributed by atoms with Gasteiger partial charge in [0.15, 0.2) is 0 Å². The normalized spacial score (nSPS) is 47.0. The number of hydrogen-bond acceptors (Lipinski definition) is 1. The summed E-state index contributed by atoms with van der Waals surface area (Å²) in [7, 11) is 0. The van der Waals surface area contributed by atoms with Gasteiger partial charge in [-0.15, -0.1) is 0 Å². The van der Waals surface area contributed by atoms with E-state index in [0.717, 1.165) is 12.3 Å². The second-order valence-corrected chi connectivity index (χ2v) is 5.52. The molecule has 0 radical (unpaired) electrons. The van der Waals surface area contributed by atoms with Gasteiger partial charge in [0.1, 0.15) is 0 Å². The monoisotopic (exact) mass is 214 g/mol. The Labute approximate surface area is 94.3 Å². The lowest BCUT2D eigenvalue weighted by Crippen LogP contribution is -2.19. The summed E-state index contributed by atoms with van der Waals surface area (Å²) in [6.45, 7) is 0. The minimum atomic E-state index is -0.557. The average Bonchev–Trinajstić information content (AvgIpc) is 2.71. The smallest absolute Gasteiger partial charge is 0.307 e. The molecule has 4 aliphatic rings. The third-order valence-corrected chi connectivity index (χ3v) is 5.06. The van der Waals surface area contributed by atoms with Crippen LogP contribution in [0.5, 0.6) is 0 Å². The molecule has 2 unspecified atom stereocenters. The predicted molar refractivity (Wildman–Crippen MR) is 58.9 cm³/mol. The number of carboxylic acid groups (broad SMARTS) is 1. The number of rotatable bonds is 2. The highest BCUT2D eigenvalue weighted by molar-refractivity contribution is 5.74. The van der Waals surface area contributed by atoms with Crippen LogP contribution in [-0.2, 0) is 4.79 Å². The number of aliphatic carboxylic acids is 1. The predicted octanol–water partition coefficient (Wildman–Crippen LogP) is 2.37. The van der Waals surface area contributed by atoms with Crippen LogP contribution in [0, 0.1) is 29.6 Å². The van der Waals surface area contributed by atoms with E-state index in [2.05, 4.69) is 24.3 Å². The number of hydrogen-bond donors (Lipinski definition) is 1. The minimum Gasteiger partial charge on any atom is -0.481 e. The van der Waals surface area contributed by atoms with Crippen LogP contribution in [0.2, 0.25) is 0 Å². The highest BCUT2D eigenvalue weighted by atomic mass is 16.4. The fourth-order valence-electron chi connectivity index (χ4n) is 4.65. The fraction of sp³-hybridized carbons (Fsp3) is 0.500. The van der Waals surface area contributed by atoms with Crippen molar-refractivity contribution in [2.75, 3.05) is 0 Å². The molecule has 0 spiro atoms. The molecule has 5 rings (SSSR count). The van der Waals surface area contributed by atoms with Crippen LogP contribution in [-0.4, -0.2) is 11.1 Å². The highest BCUT2D eigenvalue weighted by Gasteiger charge is 2.75. The molecule has 0 saturated heterocycles. The van der Waals surface area contributed by atoms with E-state index >= 15 is 0 Å². The van der Waals surface area contributed by atoms with Gasteiger partial charge < -0.3 is 5.11 Å². The Kier molecular flexibility index (Phi) is 1.47. The zero-order valence-corrected chi connectivity index (χ0v) is 8.91. The zero-order chi connectivity index (χ0) is 10.9. The lowest BCUT2D eigenvalue weighted by molar-refractivity contribution is -0.143. The lowest BCUT2D eigenvalue weighted by Gasteiger charge is -2.18. The topological polar surface area (TPSA) is 37.3 Å². The van der Waals surface area contributed by atoms with Gasteiger partial charge in [0.05, 0.1) is 5.92 Å². The summed E-state index contributed by atoms with van der Waals surface area (Å²) in [5.41, 5.74) is 1.37. The Morgan fingerprint density at radius 1 is 1.12 bits per heavy atom. The average molecular weight is 214 g/mol. The van der Waals surface area contributed by atoms with Gasteiger partial charge in [0.2, 0.25) is 0 Å². The SMILES string of the molecule is O=C(O)[C@@H]1C2C3[C@@H]2C[C@@H]1[C@H]3c1ccccc1. The molecule has 1 aromatic carbocycles. The molecule has 16 heavy (non-hydrogen) atoms. The Morgan fingerprint density at radius 2 is 1.88 bits per heavy atom. The molecule has 2 heteroatoms. The summed E-state index contributed by atoms with van der Waals surface area (Å²) >= 11 is 0. The van der Waals surface area contributed by atoms with E-state index < -0.39 is 5.97 Å². The number of carboxylic acids is 1. The highest BCUT2D eigenvalue weighted by Crippen LogP contribution is 2.78. The van der Waals surface area contributed by atoms with E-state index in [1.54, 1.807) is 0 Å².